The van der Waals surface area contributed by atoms with Gasteiger partial charge in [-0.25, -0.2) is 0 Å². The molecule has 0 aliphatic heterocycles. The number of hydrogen-bond donors (Lipinski definition) is 1. The van der Waals surface area contributed by atoms with Crippen LogP contribution in [0.25, 0.3) is 0 Å². The van der Waals surface area contributed by atoms with Crippen LogP contribution in [0, 0.1) is 12.8 Å². The van der Waals surface area contributed by atoms with Crippen molar-refractivity contribution in [1.29, 1.82) is 0 Å². The minimum Gasteiger partial charge on any atom is -0.393 e. The number of aryl methyl sites for hydroxylation is 2. The maximum absolute atomic E-state index is 9.24. The largest absolute Gasteiger partial charge is 0.393 e. The van der Waals surface area contributed by atoms with Crippen molar-refractivity contribution < 1.29 is 5.11 Å². The van der Waals surface area contributed by atoms with E-state index in [2.05, 4.69) is 23.1 Å². The van der Waals surface area contributed by atoms with Crippen LogP contribution in [0.1, 0.15) is 24.2 Å². The van der Waals surface area contributed by atoms with Crippen LogP contribution < -0.4 is 0 Å². The molecule has 0 spiro atoms. The van der Waals surface area contributed by atoms with E-state index in [-0.39, 0.29) is 6.10 Å². The van der Waals surface area contributed by atoms with Gasteiger partial charge in [-0.3, -0.25) is 4.68 Å². The van der Waals surface area contributed by atoms with Gasteiger partial charge in [-0.2, -0.15) is 5.10 Å². The predicted molar refractivity (Wildman–Crippen MR) is 63.0 cm³/mol. The summed E-state index contributed by atoms with van der Waals surface area (Å²) in [6.45, 7) is 4.02. The molecular weight excluding hydrogens is 202 g/mol. The Labute approximate surface area is 96.9 Å². The van der Waals surface area contributed by atoms with Crippen LogP contribution in [-0.2, 0) is 13.6 Å². The number of aliphatic hydroxyl groups excluding tert-OH is 1. The molecule has 1 fully saturated rings. The second-order valence-corrected chi connectivity index (χ2v) is 5.09. The highest BCUT2D eigenvalue weighted by Crippen LogP contribution is 2.27. The van der Waals surface area contributed by atoms with Gasteiger partial charge >= 0.3 is 0 Å². The van der Waals surface area contributed by atoms with Crippen LogP contribution >= 0.6 is 0 Å². The van der Waals surface area contributed by atoms with E-state index in [9.17, 15) is 5.11 Å². The zero-order valence-corrected chi connectivity index (χ0v) is 10.3. The summed E-state index contributed by atoms with van der Waals surface area (Å²) >= 11 is 0. The zero-order valence-electron chi connectivity index (χ0n) is 10.3. The van der Waals surface area contributed by atoms with Gasteiger partial charge in [-0.05, 0) is 38.8 Å². The smallest absolute Gasteiger partial charge is 0.0597 e. The van der Waals surface area contributed by atoms with Crippen molar-refractivity contribution in [2.75, 3.05) is 13.6 Å². The lowest BCUT2D eigenvalue weighted by molar-refractivity contribution is 0.0271. The fourth-order valence-corrected chi connectivity index (χ4v) is 2.44. The molecule has 1 aromatic rings. The normalized spacial score (nSPS) is 24.8. The lowest BCUT2D eigenvalue weighted by Crippen LogP contribution is -2.37. The molecule has 1 saturated carbocycles. The number of nitrogens with zero attached hydrogens (tertiary/aromatic N) is 3. The van der Waals surface area contributed by atoms with E-state index in [4.69, 9.17) is 0 Å². The van der Waals surface area contributed by atoms with Crippen LogP contribution in [-0.4, -0.2) is 39.5 Å². The van der Waals surface area contributed by atoms with Crippen LogP contribution in [0.2, 0.25) is 0 Å². The Bertz CT molecular complexity index is 355. The van der Waals surface area contributed by atoms with Gasteiger partial charge in [0.05, 0.1) is 17.5 Å². The summed E-state index contributed by atoms with van der Waals surface area (Å²) in [5, 5.41) is 13.6. The van der Waals surface area contributed by atoms with E-state index in [1.165, 1.54) is 5.69 Å². The Kier molecular flexibility index (Phi) is 3.30. The molecule has 1 aliphatic rings. The molecular formula is C12H21N3O. The van der Waals surface area contributed by atoms with E-state index in [1.807, 2.05) is 18.7 Å². The molecule has 0 atom stereocenters. The second kappa shape index (κ2) is 4.55. The summed E-state index contributed by atoms with van der Waals surface area (Å²) in [6.07, 6.45) is 1.89. The Morgan fingerprint density at radius 2 is 2.25 bits per heavy atom. The molecule has 4 heteroatoms. The SMILES string of the molecule is Cc1cc(CN(C)CC2CC(O)C2)n(C)n1. The number of rotatable bonds is 4. The molecule has 4 nitrogen and oxygen atoms in total. The molecule has 1 heterocycles. The molecule has 1 aromatic heterocycles. The summed E-state index contributed by atoms with van der Waals surface area (Å²) in [5.74, 6) is 0.675. The first kappa shape index (κ1) is 11.6. The van der Waals surface area contributed by atoms with Crippen molar-refractivity contribution in [3.63, 3.8) is 0 Å². The Hall–Kier alpha value is -0.870. The molecule has 0 aromatic carbocycles. The standard InChI is InChI=1S/C12H21N3O/c1-9-4-11(15(3)13-9)8-14(2)7-10-5-12(16)6-10/h4,10,12,16H,5-8H2,1-3H3. The summed E-state index contributed by atoms with van der Waals surface area (Å²) in [5.41, 5.74) is 2.32. The monoisotopic (exact) mass is 223 g/mol. The number of aliphatic hydroxyl groups is 1. The van der Waals surface area contributed by atoms with Crippen LogP contribution in [0.3, 0.4) is 0 Å². The number of hydrogen-bond acceptors (Lipinski definition) is 3. The van der Waals surface area contributed by atoms with Crippen molar-refractivity contribution in [2.45, 2.75) is 32.4 Å². The highest BCUT2D eigenvalue weighted by molar-refractivity contribution is 5.08. The minimum atomic E-state index is -0.0441. The Morgan fingerprint density at radius 1 is 1.56 bits per heavy atom. The van der Waals surface area contributed by atoms with E-state index in [1.54, 1.807) is 0 Å². The fraction of sp³-hybridized carbons (Fsp3) is 0.750. The molecule has 0 unspecified atom stereocenters. The lowest BCUT2D eigenvalue weighted by atomic mass is 9.82. The minimum absolute atomic E-state index is 0.0441. The number of aromatic nitrogens is 2. The zero-order chi connectivity index (χ0) is 11.7. The maximum atomic E-state index is 9.24. The van der Waals surface area contributed by atoms with Gasteiger partial charge in [-0.1, -0.05) is 0 Å². The quantitative estimate of drug-likeness (QED) is 0.825. The molecule has 16 heavy (non-hydrogen) atoms. The van der Waals surface area contributed by atoms with Crippen molar-refractivity contribution in [2.24, 2.45) is 13.0 Å². The predicted octanol–water partition coefficient (Wildman–Crippen LogP) is 0.931. The summed E-state index contributed by atoms with van der Waals surface area (Å²) in [6, 6.07) is 2.13. The second-order valence-electron chi connectivity index (χ2n) is 5.09. The third-order valence-electron chi connectivity index (χ3n) is 3.31. The summed E-state index contributed by atoms with van der Waals surface area (Å²) in [4.78, 5) is 2.31. The Balaban J connectivity index is 1.82. The van der Waals surface area contributed by atoms with Gasteiger partial charge in [0.2, 0.25) is 0 Å². The molecule has 1 N–H and O–H groups in total. The van der Waals surface area contributed by atoms with E-state index in [0.29, 0.717) is 5.92 Å². The van der Waals surface area contributed by atoms with Crippen LogP contribution in [0.4, 0.5) is 0 Å². The third kappa shape index (κ3) is 2.62. The van der Waals surface area contributed by atoms with Crippen molar-refractivity contribution >= 4 is 0 Å². The molecule has 0 bridgehead atoms. The van der Waals surface area contributed by atoms with E-state index < -0.39 is 0 Å². The lowest BCUT2D eigenvalue weighted by Gasteiger charge is -2.34. The highest BCUT2D eigenvalue weighted by Gasteiger charge is 2.27. The van der Waals surface area contributed by atoms with Gasteiger partial charge < -0.3 is 10.0 Å². The van der Waals surface area contributed by atoms with Crippen LogP contribution in [0.15, 0.2) is 6.07 Å². The van der Waals surface area contributed by atoms with Crippen LogP contribution in [0.5, 0.6) is 0 Å². The third-order valence-corrected chi connectivity index (χ3v) is 3.31. The van der Waals surface area contributed by atoms with E-state index in [0.717, 1.165) is 31.6 Å². The molecule has 90 valence electrons. The molecule has 0 radical (unpaired) electrons. The van der Waals surface area contributed by atoms with E-state index >= 15 is 0 Å². The average molecular weight is 223 g/mol. The fourth-order valence-electron chi connectivity index (χ4n) is 2.44. The first-order valence-electron chi connectivity index (χ1n) is 5.90. The first-order chi connectivity index (χ1) is 7.54. The van der Waals surface area contributed by atoms with Gasteiger partial charge in [-0.15, -0.1) is 0 Å². The highest BCUT2D eigenvalue weighted by atomic mass is 16.3. The molecule has 0 amide bonds. The summed E-state index contributed by atoms with van der Waals surface area (Å²) < 4.78 is 1.95. The van der Waals surface area contributed by atoms with Crippen molar-refractivity contribution in [3.05, 3.63) is 17.5 Å². The van der Waals surface area contributed by atoms with Gasteiger partial charge in [0, 0.05) is 20.1 Å². The summed E-state index contributed by atoms with van der Waals surface area (Å²) in [7, 11) is 4.12. The average Bonchev–Trinajstić information content (AvgIpc) is 2.42. The van der Waals surface area contributed by atoms with Crippen molar-refractivity contribution in [3.8, 4) is 0 Å². The van der Waals surface area contributed by atoms with Gasteiger partial charge in [0.15, 0.2) is 0 Å². The molecule has 0 saturated heterocycles. The topological polar surface area (TPSA) is 41.3 Å². The first-order valence-corrected chi connectivity index (χ1v) is 5.90. The van der Waals surface area contributed by atoms with Gasteiger partial charge in [0.1, 0.15) is 0 Å². The molecule has 2 rings (SSSR count). The molecule has 1 aliphatic carbocycles. The van der Waals surface area contributed by atoms with Gasteiger partial charge in [0.25, 0.3) is 0 Å². The van der Waals surface area contributed by atoms with Crippen molar-refractivity contribution in [1.82, 2.24) is 14.7 Å². The Morgan fingerprint density at radius 3 is 2.75 bits per heavy atom. The maximum Gasteiger partial charge on any atom is 0.0597 e.